The Morgan fingerprint density at radius 1 is 0.564 bits per heavy atom. The molecule has 4 N–H and O–H groups in total. The lowest BCUT2D eigenvalue weighted by atomic mass is 9.75. The number of hydrogen-bond donors (Lipinski definition) is 4. The molecule has 0 bridgehead atoms. The van der Waals surface area contributed by atoms with E-state index in [2.05, 4.69) is 0 Å². The standard InChI is InChI=1S/C39H40O16/c1-21-32(52-35(47)22-11-5-2-6-12-22)33(53-36(48)23-13-7-3-8-14-23)34(54-37(49)24-15-9-4-10-16-24)39(50-21)55-38-31(46)26(20-30(44)45)25(19-29(42)43)27(51-38)17-18-28(40)41/h2-16,21,25-27,31-34,38-39,46H,17-20H2,1H3,(H,40,41)(H,42,43)(H,44,45). The molecular weight excluding hydrogens is 724 g/mol. The lowest BCUT2D eigenvalue weighted by Crippen LogP contribution is -2.63. The van der Waals surface area contributed by atoms with Crippen LogP contribution in [0, 0.1) is 11.8 Å². The van der Waals surface area contributed by atoms with Crippen molar-refractivity contribution in [1.82, 2.24) is 0 Å². The summed E-state index contributed by atoms with van der Waals surface area (Å²) in [5.74, 6) is -9.11. The molecule has 2 heterocycles. The highest BCUT2D eigenvalue weighted by Gasteiger charge is 2.55. The first kappa shape index (κ1) is 40.5. The van der Waals surface area contributed by atoms with E-state index in [1.165, 1.54) is 43.3 Å². The molecule has 55 heavy (non-hydrogen) atoms. The lowest BCUT2D eigenvalue weighted by molar-refractivity contribution is -0.364. The number of carboxylic acids is 3. The van der Waals surface area contributed by atoms with Crippen molar-refractivity contribution in [3.63, 3.8) is 0 Å². The van der Waals surface area contributed by atoms with Gasteiger partial charge in [0, 0.05) is 18.3 Å². The molecule has 2 fully saturated rings. The molecule has 0 spiro atoms. The van der Waals surface area contributed by atoms with Crippen LogP contribution in [0.5, 0.6) is 0 Å². The predicted octanol–water partition coefficient (Wildman–Crippen LogP) is 3.56. The molecule has 2 aliphatic heterocycles. The van der Waals surface area contributed by atoms with Crippen LogP contribution in [0.3, 0.4) is 0 Å². The summed E-state index contributed by atoms with van der Waals surface area (Å²) in [6, 6.07) is 23.4. The van der Waals surface area contributed by atoms with Crippen LogP contribution >= 0.6 is 0 Å². The number of carbonyl (C=O) groups excluding carboxylic acids is 3. The van der Waals surface area contributed by atoms with Crippen molar-refractivity contribution in [2.45, 2.75) is 81.8 Å². The fraction of sp³-hybridized carbons (Fsp3) is 0.385. The average molecular weight is 765 g/mol. The highest BCUT2D eigenvalue weighted by Crippen LogP contribution is 2.40. The summed E-state index contributed by atoms with van der Waals surface area (Å²) in [6.07, 6.45) is -14.8. The second-order valence-electron chi connectivity index (χ2n) is 13.0. The van der Waals surface area contributed by atoms with Crippen molar-refractivity contribution < 1.29 is 77.6 Å². The number of carboxylic acid groups (broad SMARTS) is 3. The van der Waals surface area contributed by atoms with Crippen LogP contribution in [0.15, 0.2) is 91.0 Å². The van der Waals surface area contributed by atoms with Crippen LogP contribution in [-0.2, 0) is 42.8 Å². The Kier molecular flexibility index (Phi) is 13.7. The number of carbonyl (C=O) groups is 6. The van der Waals surface area contributed by atoms with Crippen LogP contribution in [0.25, 0.3) is 0 Å². The molecule has 292 valence electrons. The van der Waals surface area contributed by atoms with E-state index in [1.807, 2.05) is 0 Å². The number of ether oxygens (including phenoxy) is 6. The van der Waals surface area contributed by atoms with Crippen molar-refractivity contribution >= 4 is 35.8 Å². The number of rotatable bonds is 15. The van der Waals surface area contributed by atoms with E-state index in [-0.39, 0.29) is 23.1 Å². The van der Waals surface area contributed by atoms with Gasteiger partial charge in [-0.3, -0.25) is 14.4 Å². The van der Waals surface area contributed by atoms with Gasteiger partial charge < -0.3 is 48.8 Å². The summed E-state index contributed by atoms with van der Waals surface area (Å²) in [4.78, 5) is 75.9. The van der Waals surface area contributed by atoms with E-state index in [9.17, 15) is 49.2 Å². The van der Waals surface area contributed by atoms with Gasteiger partial charge in [-0.25, -0.2) is 14.4 Å². The fourth-order valence-electron chi connectivity index (χ4n) is 6.64. The number of esters is 3. The van der Waals surface area contributed by atoms with Crippen molar-refractivity contribution in [1.29, 1.82) is 0 Å². The monoisotopic (exact) mass is 764 g/mol. The van der Waals surface area contributed by atoms with Crippen LogP contribution in [0.4, 0.5) is 0 Å². The predicted molar refractivity (Wildman–Crippen MR) is 185 cm³/mol. The molecule has 2 saturated heterocycles. The highest BCUT2D eigenvalue weighted by atomic mass is 16.8. The van der Waals surface area contributed by atoms with Crippen LogP contribution in [-0.4, -0.2) is 105 Å². The Morgan fingerprint density at radius 2 is 1.00 bits per heavy atom. The third-order valence-corrected chi connectivity index (χ3v) is 9.27. The Bertz CT molecular complexity index is 1800. The molecule has 16 heteroatoms. The van der Waals surface area contributed by atoms with Crippen molar-refractivity contribution in [3.05, 3.63) is 108 Å². The number of benzene rings is 3. The van der Waals surface area contributed by atoms with E-state index in [4.69, 9.17) is 28.4 Å². The van der Waals surface area contributed by atoms with Crippen molar-refractivity contribution in [2.24, 2.45) is 11.8 Å². The maximum Gasteiger partial charge on any atom is 0.338 e. The molecule has 2 aliphatic rings. The number of aliphatic carboxylic acids is 3. The van der Waals surface area contributed by atoms with Crippen LogP contribution in [0.2, 0.25) is 0 Å². The minimum Gasteiger partial charge on any atom is -0.481 e. The third-order valence-electron chi connectivity index (χ3n) is 9.27. The maximum atomic E-state index is 13.6. The van der Waals surface area contributed by atoms with Crippen LogP contribution < -0.4 is 0 Å². The Hall–Kier alpha value is -5.68. The van der Waals surface area contributed by atoms with Gasteiger partial charge in [0.15, 0.2) is 24.6 Å². The number of aliphatic hydroxyl groups is 1. The van der Waals surface area contributed by atoms with E-state index in [1.54, 1.807) is 54.6 Å². The zero-order chi connectivity index (χ0) is 39.6. The van der Waals surface area contributed by atoms with Crippen molar-refractivity contribution in [3.8, 4) is 0 Å². The molecule has 0 saturated carbocycles. The molecule has 0 amide bonds. The first-order chi connectivity index (χ1) is 26.3. The number of aliphatic hydroxyl groups excluding tert-OH is 1. The Balaban J connectivity index is 1.54. The maximum absolute atomic E-state index is 13.6. The summed E-state index contributed by atoms with van der Waals surface area (Å²) in [5.41, 5.74) is 0.297. The van der Waals surface area contributed by atoms with Gasteiger partial charge in [0.1, 0.15) is 6.10 Å². The zero-order valence-corrected chi connectivity index (χ0v) is 29.5. The minimum absolute atomic E-state index is 0.0616. The molecule has 5 rings (SSSR count). The summed E-state index contributed by atoms with van der Waals surface area (Å²) in [6.45, 7) is 1.46. The van der Waals surface area contributed by atoms with E-state index < -0.39 is 116 Å². The second kappa shape index (κ2) is 18.6. The molecule has 3 aromatic rings. The van der Waals surface area contributed by atoms with Gasteiger partial charge in [0.25, 0.3) is 0 Å². The van der Waals surface area contributed by atoms with Gasteiger partial charge in [-0.15, -0.1) is 0 Å². The molecule has 10 unspecified atom stereocenters. The highest BCUT2D eigenvalue weighted by molar-refractivity contribution is 5.91. The molecular formula is C39H40O16. The normalized spacial score (nSPS) is 27.6. The topological polar surface area (TPSA) is 239 Å². The van der Waals surface area contributed by atoms with Gasteiger partial charge in [-0.1, -0.05) is 54.6 Å². The summed E-state index contributed by atoms with van der Waals surface area (Å²) < 4.78 is 36.0. The van der Waals surface area contributed by atoms with E-state index >= 15 is 0 Å². The quantitative estimate of drug-likeness (QED) is 0.128. The van der Waals surface area contributed by atoms with Gasteiger partial charge in [-0.05, 0) is 49.7 Å². The molecule has 3 aromatic carbocycles. The van der Waals surface area contributed by atoms with Crippen LogP contribution in [0.1, 0.15) is 63.7 Å². The molecule has 0 aliphatic carbocycles. The minimum atomic E-state index is -1.83. The largest absolute Gasteiger partial charge is 0.481 e. The van der Waals surface area contributed by atoms with Gasteiger partial charge in [-0.2, -0.15) is 0 Å². The SMILES string of the molecule is CC1OC(OC2OC(CCC(=O)O)C(CC(=O)O)C(CC(=O)O)C2O)C(OC(=O)c2ccccc2)C(OC(=O)c2ccccc2)C1OC(=O)c1ccccc1. The smallest absolute Gasteiger partial charge is 0.338 e. The first-order valence-corrected chi connectivity index (χ1v) is 17.4. The summed E-state index contributed by atoms with van der Waals surface area (Å²) in [7, 11) is 0. The van der Waals surface area contributed by atoms with E-state index in [0.29, 0.717) is 0 Å². The Labute approximate surface area is 314 Å². The Morgan fingerprint density at radius 3 is 1.45 bits per heavy atom. The van der Waals surface area contributed by atoms with Crippen molar-refractivity contribution in [2.75, 3.05) is 0 Å². The first-order valence-electron chi connectivity index (χ1n) is 17.4. The zero-order valence-electron chi connectivity index (χ0n) is 29.5. The van der Waals surface area contributed by atoms with Gasteiger partial charge in [0.2, 0.25) is 6.29 Å². The van der Waals surface area contributed by atoms with E-state index in [0.717, 1.165) is 0 Å². The molecule has 16 nitrogen and oxygen atoms in total. The second-order valence-corrected chi connectivity index (χ2v) is 13.0. The summed E-state index contributed by atoms with van der Waals surface area (Å²) in [5, 5.41) is 40.3. The molecule has 10 atom stereocenters. The van der Waals surface area contributed by atoms with Gasteiger partial charge in [0.05, 0.1) is 41.7 Å². The summed E-state index contributed by atoms with van der Waals surface area (Å²) >= 11 is 0. The fourth-order valence-corrected chi connectivity index (χ4v) is 6.64. The third kappa shape index (κ3) is 10.5. The number of hydrogen-bond acceptors (Lipinski definition) is 13. The lowest BCUT2D eigenvalue weighted by Gasteiger charge is -2.48. The molecule has 0 aromatic heterocycles. The molecule has 0 radical (unpaired) electrons. The van der Waals surface area contributed by atoms with Gasteiger partial charge >= 0.3 is 35.8 Å². The average Bonchev–Trinajstić information content (AvgIpc) is 3.16.